The van der Waals surface area contributed by atoms with E-state index in [1.165, 1.54) is 0 Å². The molecule has 0 aliphatic carbocycles. The van der Waals surface area contributed by atoms with Gasteiger partial charge >= 0.3 is 6.18 Å². The van der Waals surface area contributed by atoms with Gasteiger partial charge in [0.15, 0.2) is 5.69 Å². The van der Waals surface area contributed by atoms with E-state index in [2.05, 4.69) is 25.1 Å². The summed E-state index contributed by atoms with van der Waals surface area (Å²) in [5.41, 5.74) is -0.791. The van der Waals surface area contributed by atoms with Crippen molar-refractivity contribution in [2.24, 2.45) is 5.92 Å². The SMILES string of the molecule is CCc1n[nH]c(CN(C)C[C@H]2CCc3nc(C(F)(F)F)cn3C2)n1. The fourth-order valence-electron chi connectivity index (χ4n) is 3.12. The first-order valence-corrected chi connectivity index (χ1v) is 8.07. The van der Waals surface area contributed by atoms with E-state index in [0.29, 0.717) is 31.3 Å². The lowest BCUT2D eigenvalue weighted by molar-refractivity contribution is -0.141. The average molecular weight is 342 g/mol. The Morgan fingerprint density at radius 3 is 2.83 bits per heavy atom. The molecule has 2 aromatic heterocycles. The monoisotopic (exact) mass is 342 g/mol. The number of imidazole rings is 1. The second-order valence-corrected chi connectivity index (χ2v) is 6.35. The first-order chi connectivity index (χ1) is 11.3. The van der Waals surface area contributed by atoms with E-state index in [4.69, 9.17) is 0 Å². The van der Waals surface area contributed by atoms with E-state index >= 15 is 0 Å². The van der Waals surface area contributed by atoms with Crippen molar-refractivity contribution in [3.8, 4) is 0 Å². The number of rotatable bonds is 5. The summed E-state index contributed by atoms with van der Waals surface area (Å²) in [7, 11) is 1.98. The van der Waals surface area contributed by atoms with Gasteiger partial charge in [-0.15, -0.1) is 0 Å². The van der Waals surface area contributed by atoms with Gasteiger partial charge in [0.05, 0.1) is 6.54 Å². The van der Waals surface area contributed by atoms with Crippen LogP contribution in [0.3, 0.4) is 0 Å². The molecule has 0 aromatic carbocycles. The van der Waals surface area contributed by atoms with E-state index < -0.39 is 11.9 Å². The van der Waals surface area contributed by atoms with Gasteiger partial charge in [0.2, 0.25) is 0 Å². The third kappa shape index (κ3) is 3.77. The predicted molar refractivity (Wildman–Crippen MR) is 81.1 cm³/mol. The first kappa shape index (κ1) is 16.9. The number of H-pyrrole nitrogens is 1. The number of nitrogens with one attached hydrogen (secondary N) is 1. The van der Waals surface area contributed by atoms with Crippen LogP contribution < -0.4 is 0 Å². The number of alkyl halides is 3. The second kappa shape index (κ2) is 6.54. The van der Waals surface area contributed by atoms with E-state index in [9.17, 15) is 13.2 Å². The van der Waals surface area contributed by atoms with Crippen LogP contribution in [-0.2, 0) is 32.1 Å². The minimum atomic E-state index is -4.38. The zero-order valence-electron chi connectivity index (χ0n) is 13.8. The van der Waals surface area contributed by atoms with Crippen molar-refractivity contribution < 1.29 is 13.2 Å². The van der Waals surface area contributed by atoms with Crippen LogP contribution in [0.15, 0.2) is 6.20 Å². The van der Waals surface area contributed by atoms with Crippen molar-refractivity contribution >= 4 is 0 Å². The average Bonchev–Trinajstić information content (AvgIpc) is 3.12. The van der Waals surface area contributed by atoms with Crippen molar-refractivity contribution in [3.05, 3.63) is 29.4 Å². The molecule has 9 heteroatoms. The maximum absolute atomic E-state index is 12.8. The molecule has 0 amide bonds. The maximum atomic E-state index is 12.8. The normalized spacial score (nSPS) is 18.2. The molecule has 1 aliphatic rings. The zero-order valence-corrected chi connectivity index (χ0v) is 13.8. The highest BCUT2D eigenvalue weighted by Crippen LogP contribution is 2.30. The molecular formula is C15H21F3N6. The minimum Gasteiger partial charge on any atom is -0.334 e. The molecular weight excluding hydrogens is 321 g/mol. The Morgan fingerprint density at radius 2 is 2.17 bits per heavy atom. The molecule has 0 radical (unpaired) electrons. The van der Waals surface area contributed by atoms with Crippen LogP contribution in [0.4, 0.5) is 13.2 Å². The zero-order chi connectivity index (χ0) is 17.3. The fourth-order valence-corrected chi connectivity index (χ4v) is 3.12. The molecule has 6 nitrogen and oxygen atoms in total. The third-order valence-corrected chi connectivity index (χ3v) is 4.26. The molecule has 0 saturated heterocycles. The topological polar surface area (TPSA) is 62.6 Å². The number of aromatic amines is 1. The van der Waals surface area contributed by atoms with Crippen molar-refractivity contribution in [1.82, 2.24) is 29.6 Å². The Bertz CT molecular complexity index is 690. The number of aryl methyl sites for hydroxylation is 2. The van der Waals surface area contributed by atoms with Gasteiger partial charge < -0.3 is 4.57 Å². The summed E-state index contributed by atoms with van der Waals surface area (Å²) in [5, 5.41) is 7.03. The lowest BCUT2D eigenvalue weighted by Crippen LogP contribution is -2.31. The number of fused-ring (bicyclic) bond motifs is 1. The van der Waals surface area contributed by atoms with Crippen LogP contribution in [-0.4, -0.2) is 43.2 Å². The number of nitrogens with zero attached hydrogens (tertiary/aromatic N) is 5. The van der Waals surface area contributed by atoms with Crippen molar-refractivity contribution in [2.75, 3.05) is 13.6 Å². The molecule has 2 aromatic rings. The molecule has 132 valence electrons. The Hall–Kier alpha value is -1.90. The van der Waals surface area contributed by atoms with Gasteiger partial charge in [-0.3, -0.25) is 10.00 Å². The molecule has 0 fully saturated rings. The van der Waals surface area contributed by atoms with Crippen LogP contribution >= 0.6 is 0 Å². The molecule has 0 spiro atoms. The summed E-state index contributed by atoms with van der Waals surface area (Å²) in [6.07, 6.45) is -1.04. The van der Waals surface area contributed by atoms with Crippen LogP contribution in [0.5, 0.6) is 0 Å². The molecule has 1 N–H and O–H groups in total. The van der Waals surface area contributed by atoms with Gasteiger partial charge in [-0.2, -0.15) is 18.3 Å². The smallest absolute Gasteiger partial charge is 0.334 e. The summed E-state index contributed by atoms with van der Waals surface area (Å²) in [5.74, 6) is 2.43. The van der Waals surface area contributed by atoms with E-state index in [-0.39, 0.29) is 0 Å². The Labute approximate surface area is 138 Å². The Kier molecular flexibility index (Phi) is 4.62. The van der Waals surface area contributed by atoms with E-state index in [1.807, 2.05) is 14.0 Å². The van der Waals surface area contributed by atoms with Gasteiger partial charge in [-0.05, 0) is 19.4 Å². The van der Waals surface area contributed by atoms with Gasteiger partial charge in [0.1, 0.15) is 17.5 Å². The first-order valence-electron chi connectivity index (χ1n) is 8.07. The predicted octanol–water partition coefficient (Wildman–Crippen LogP) is 2.28. The quantitative estimate of drug-likeness (QED) is 0.905. The highest BCUT2D eigenvalue weighted by Gasteiger charge is 2.35. The molecule has 1 aliphatic heterocycles. The third-order valence-electron chi connectivity index (χ3n) is 4.26. The van der Waals surface area contributed by atoms with Crippen LogP contribution in [0.2, 0.25) is 0 Å². The molecule has 3 rings (SSSR count). The molecule has 0 unspecified atom stereocenters. The highest BCUT2D eigenvalue weighted by molar-refractivity contribution is 5.10. The summed E-state index contributed by atoms with van der Waals surface area (Å²) >= 11 is 0. The molecule has 24 heavy (non-hydrogen) atoms. The van der Waals surface area contributed by atoms with Gasteiger partial charge in [-0.1, -0.05) is 6.92 Å². The van der Waals surface area contributed by atoms with Gasteiger partial charge in [0, 0.05) is 32.1 Å². The summed E-state index contributed by atoms with van der Waals surface area (Å²) < 4.78 is 39.9. The highest BCUT2D eigenvalue weighted by atomic mass is 19.4. The van der Waals surface area contributed by atoms with Crippen LogP contribution in [0.1, 0.15) is 36.5 Å². The number of hydrogen-bond acceptors (Lipinski definition) is 4. The maximum Gasteiger partial charge on any atom is 0.434 e. The number of halogens is 3. The Balaban J connectivity index is 1.58. The lowest BCUT2D eigenvalue weighted by atomic mass is 9.99. The number of hydrogen-bond donors (Lipinski definition) is 1. The van der Waals surface area contributed by atoms with Crippen LogP contribution in [0, 0.1) is 5.92 Å². The summed E-state index contributed by atoms with van der Waals surface area (Å²) in [6.45, 7) is 4.01. The summed E-state index contributed by atoms with van der Waals surface area (Å²) in [6, 6.07) is 0. The van der Waals surface area contributed by atoms with Gasteiger partial charge in [0.25, 0.3) is 0 Å². The fraction of sp³-hybridized carbons (Fsp3) is 0.667. The molecule has 0 bridgehead atoms. The van der Waals surface area contributed by atoms with Crippen molar-refractivity contribution in [1.29, 1.82) is 0 Å². The van der Waals surface area contributed by atoms with E-state index in [1.54, 1.807) is 4.57 Å². The second-order valence-electron chi connectivity index (χ2n) is 6.35. The van der Waals surface area contributed by atoms with Crippen molar-refractivity contribution in [2.45, 2.75) is 45.5 Å². The lowest BCUT2D eigenvalue weighted by Gasteiger charge is -2.27. The van der Waals surface area contributed by atoms with Gasteiger partial charge in [-0.25, -0.2) is 9.97 Å². The molecule has 3 heterocycles. The molecule has 1 atom stereocenters. The standard InChI is InChI=1S/C15H21F3N6/c1-3-12-20-13(22-21-12)9-23(2)6-10-4-5-14-19-11(15(16,17)18)8-24(14)7-10/h8,10H,3-7,9H2,1-2H3,(H,20,21,22)/t10-/m1/s1. The van der Waals surface area contributed by atoms with E-state index in [0.717, 1.165) is 37.2 Å². The largest absolute Gasteiger partial charge is 0.434 e. The van der Waals surface area contributed by atoms with Crippen molar-refractivity contribution in [3.63, 3.8) is 0 Å². The minimum absolute atomic E-state index is 0.298. The van der Waals surface area contributed by atoms with Crippen LogP contribution in [0.25, 0.3) is 0 Å². The number of aromatic nitrogens is 5. The Morgan fingerprint density at radius 1 is 1.38 bits per heavy atom. The molecule has 0 saturated carbocycles. The summed E-state index contributed by atoms with van der Waals surface area (Å²) in [4.78, 5) is 10.2.